The molecule has 1 amide bonds. The van der Waals surface area contributed by atoms with E-state index in [4.69, 9.17) is 14.2 Å². The van der Waals surface area contributed by atoms with Crippen LogP contribution < -0.4 is 14.8 Å². The third-order valence-corrected chi connectivity index (χ3v) is 8.58. The van der Waals surface area contributed by atoms with Crippen LogP contribution in [0.3, 0.4) is 0 Å². The molecule has 0 bridgehead atoms. The summed E-state index contributed by atoms with van der Waals surface area (Å²) < 4.78 is 44.3. The molecule has 178 valence electrons. The first-order valence-corrected chi connectivity index (χ1v) is 13.2. The lowest BCUT2D eigenvalue weighted by Crippen LogP contribution is -2.40. The molecular weight excluding hydrogens is 464 g/mol. The van der Waals surface area contributed by atoms with Crippen LogP contribution in [-0.4, -0.2) is 63.4 Å². The van der Waals surface area contributed by atoms with Crippen LogP contribution in [0.2, 0.25) is 0 Å². The Kier molecular flexibility index (Phi) is 7.48. The number of rotatable bonds is 6. The molecule has 2 heterocycles. The molecule has 2 aliphatic rings. The largest absolute Gasteiger partial charge is 0.490 e. The Balaban J connectivity index is 1.45. The van der Waals surface area contributed by atoms with Crippen molar-refractivity contribution in [2.45, 2.75) is 35.3 Å². The third kappa shape index (κ3) is 5.63. The van der Waals surface area contributed by atoms with Crippen molar-refractivity contribution >= 4 is 33.4 Å². The topological polar surface area (TPSA) is 94.2 Å². The minimum absolute atomic E-state index is 0.199. The maximum atomic E-state index is 13.1. The van der Waals surface area contributed by atoms with Crippen LogP contribution in [0.25, 0.3) is 0 Å². The minimum Gasteiger partial charge on any atom is -0.490 e. The number of hydrogen-bond acceptors (Lipinski definition) is 7. The molecule has 4 rings (SSSR count). The number of fused-ring (bicyclic) bond motifs is 1. The summed E-state index contributed by atoms with van der Waals surface area (Å²) in [6.07, 6.45) is 0.829. The second kappa shape index (κ2) is 10.3. The Morgan fingerprint density at radius 3 is 2.52 bits per heavy atom. The molecule has 10 heteroatoms. The molecule has 1 atom stereocenters. The zero-order chi connectivity index (χ0) is 23.4. The molecule has 2 aromatic carbocycles. The predicted molar refractivity (Wildman–Crippen MR) is 127 cm³/mol. The van der Waals surface area contributed by atoms with E-state index in [1.807, 2.05) is 25.1 Å². The fraction of sp³-hybridized carbons (Fsp3) is 0.435. The molecule has 0 unspecified atom stereocenters. The van der Waals surface area contributed by atoms with Crippen molar-refractivity contribution in [1.29, 1.82) is 0 Å². The average molecular weight is 493 g/mol. The maximum Gasteiger partial charge on any atom is 0.243 e. The van der Waals surface area contributed by atoms with Gasteiger partial charge < -0.3 is 19.5 Å². The van der Waals surface area contributed by atoms with Crippen molar-refractivity contribution in [3.05, 3.63) is 42.0 Å². The smallest absolute Gasteiger partial charge is 0.243 e. The average Bonchev–Trinajstić information content (AvgIpc) is 3.06. The number of nitrogens with zero attached hydrogens (tertiary/aromatic N) is 1. The molecule has 2 aliphatic heterocycles. The van der Waals surface area contributed by atoms with Crippen LogP contribution in [-0.2, 0) is 19.6 Å². The summed E-state index contributed by atoms with van der Waals surface area (Å²) in [5, 5.41) is 2.45. The number of ether oxygens (including phenoxy) is 3. The summed E-state index contributed by atoms with van der Waals surface area (Å²) in [5.41, 5.74) is 1.08. The summed E-state index contributed by atoms with van der Waals surface area (Å²) in [6.45, 7) is 6.18. The van der Waals surface area contributed by atoms with Gasteiger partial charge in [-0.15, -0.1) is 11.8 Å². The first-order valence-electron chi connectivity index (χ1n) is 10.9. The van der Waals surface area contributed by atoms with Crippen LogP contribution in [0.1, 0.15) is 18.9 Å². The summed E-state index contributed by atoms with van der Waals surface area (Å²) in [4.78, 5) is 13.9. The van der Waals surface area contributed by atoms with E-state index < -0.39 is 15.3 Å². The maximum absolute atomic E-state index is 13.1. The summed E-state index contributed by atoms with van der Waals surface area (Å²) in [6, 6.07) is 10.6. The standard InChI is InChI=1S/C23H28N2O6S2/c1-16-4-5-18(14-22(16)33(27,28)25-8-12-29-13-9-25)24-23(26)17(2)32-19-6-7-20-21(15-19)31-11-3-10-30-20/h4-7,14-15,17H,3,8-13H2,1-2H3,(H,24,26)/t17-/m1/s1. The Morgan fingerprint density at radius 1 is 1.03 bits per heavy atom. The van der Waals surface area contributed by atoms with Gasteiger partial charge in [0.05, 0.1) is 36.6 Å². The Labute approximate surface area is 198 Å². The Bertz CT molecular complexity index is 1120. The van der Waals surface area contributed by atoms with Crippen molar-refractivity contribution < 1.29 is 27.4 Å². The first kappa shape index (κ1) is 23.9. The molecule has 0 aromatic heterocycles. The lowest BCUT2D eigenvalue weighted by atomic mass is 10.2. The van der Waals surface area contributed by atoms with E-state index in [0.29, 0.717) is 62.3 Å². The molecule has 1 N–H and O–H groups in total. The van der Waals surface area contributed by atoms with E-state index in [1.54, 1.807) is 19.1 Å². The van der Waals surface area contributed by atoms with Crippen molar-refractivity contribution in [2.75, 3.05) is 44.8 Å². The van der Waals surface area contributed by atoms with Gasteiger partial charge in [-0.05, 0) is 49.7 Å². The monoisotopic (exact) mass is 492 g/mol. The van der Waals surface area contributed by atoms with Crippen molar-refractivity contribution in [2.24, 2.45) is 0 Å². The highest BCUT2D eigenvalue weighted by Gasteiger charge is 2.28. The van der Waals surface area contributed by atoms with Crippen LogP contribution in [0.15, 0.2) is 46.2 Å². The van der Waals surface area contributed by atoms with Crippen LogP contribution in [0.5, 0.6) is 11.5 Å². The number of thioether (sulfide) groups is 1. The van der Waals surface area contributed by atoms with Crippen LogP contribution >= 0.6 is 11.8 Å². The molecule has 0 aliphatic carbocycles. The third-order valence-electron chi connectivity index (χ3n) is 5.44. The summed E-state index contributed by atoms with van der Waals surface area (Å²) >= 11 is 1.40. The van der Waals surface area contributed by atoms with E-state index in [9.17, 15) is 13.2 Å². The number of anilines is 1. The van der Waals surface area contributed by atoms with Gasteiger partial charge in [0, 0.05) is 30.1 Å². The van der Waals surface area contributed by atoms with E-state index in [-0.39, 0.29) is 10.8 Å². The summed E-state index contributed by atoms with van der Waals surface area (Å²) in [5.74, 6) is 1.18. The van der Waals surface area contributed by atoms with Crippen LogP contribution in [0.4, 0.5) is 5.69 Å². The lowest BCUT2D eigenvalue weighted by molar-refractivity contribution is -0.115. The van der Waals surface area contributed by atoms with Gasteiger partial charge in [0.2, 0.25) is 15.9 Å². The normalized spacial score (nSPS) is 17.8. The van der Waals surface area contributed by atoms with Gasteiger partial charge in [-0.2, -0.15) is 4.31 Å². The number of nitrogens with one attached hydrogen (secondary N) is 1. The fourth-order valence-electron chi connectivity index (χ4n) is 3.60. The number of morpholine rings is 1. The predicted octanol–water partition coefficient (Wildman–Crippen LogP) is 3.30. The first-order chi connectivity index (χ1) is 15.8. The number of aryl methyl sites for hydroxylation is 1. The minimum atomic E-state index is -3.66. The second-order valence-corrected chi connectivity index (χ2v) is 11.2. The van der Waals surface area contributed by atoms with Gasteiger partial charge in [0.15, 0.2) is 11.5 Å². The second-order valence-electron chi connectivity index (χ2n) is 7.91. The highest BCUT2D eigenvalue weighted by Crippen LogP contribution is 2.35. The number of benzene rings is 2. The molecular formula is C23H28N2O6S2. The molecule has 0 spiro atoms. The highest BCUT2D eigenvalue weighted by molar-refractivity contribution is 8.00. The molecule has 1 fully saturated rings. The zero-order valence-electron chi connectivity index (χ0n) is 18.7. The van der Waals surface area contributed by atoms with Crippen LogP contribution in [0, 0.1) is 6.92 Å². The number of hydrogen-bond donors (Lipinski definition) is 1. The molecule has 0 saturated carbocycles. The molecule has 1 saturated heterocycles. The van der Waals surface area contributed by atoms with Gasteiger partial charge in [-0.1, -0.05) is 6.07 Å². The van der Waals surface area contributed by atoms with E-state index in [1.165, 1.54) is 22.1 Å². The van der Waals surface area contributed by atoms with Gasteiger partial charge in [0.1, 0.15) is 0 Å². The van der Waals surface area contributed by atoms with Gasteiger partial charge in [-0.25, -0.2) is 8.42 Å². The van der Waals surface area contributed by atoms with Gasteiger partial charge in [-0.3, -0.25) is 4.79 Å². The number of carbonyl (C=O) groups is 1. The Hall–Kier alpha value is -2.27. The van der Waals surface area contributed by atoms with E-state index >= 15 is 0 Å². The molecule has 2 aromatic rings. The van der Waals surface area contributed by atoms with Gasteiger partial charge >= 0.3 is 0 Å². The van der Waals surface area contributed by atoms with E-state index in [2.05, 4.69) is 5.32 Å². The van der Waals surface area contributed by atoms with Gasteiger partial charge in [0.25, 0.3) is 0 Å². The highest BCUT2D eigenvalue weighted by atomic mass is 32.2. The molecule has 33 heavy (non-hydrogen) atoms. The number of amides is 1. The number of sulfonamides is 1. The Morgan fingerprint density at radius 2 is 1.76 bits per heavy atom. The van der Waals surface area contributed by atoms with Crippen molar-refractivity contribution in [3.63, 3.8) is 0 Å². The zero-order valence-corrected chi connectivity index (χ0v) is 20.3. The number of carbonyl (C=O) groups excluding carboxylic acids is 1. The SMILES string of the molecule is Cc1ccc(NC(=O)[C@@H](C)Sc2ccc3c(c2)OCCCO3)cc1S(=O)(=O)N1CCOCC1. The lowest BCUT2D eigenvalue weighted by Gasteiger charge is -2.27. The van der Waals surface area contributed by atoms with Crippen molar-refractivity contribution in [3.8, 4) is 11.5 Å². The molecule has 8 nitrogen and oxygen atoms in total. The fourth-order valence-corrected chi connectivity index (χ4v) is 6.15. The molecule has 0 radical (unpaired) electrons. The van der Waals surface area contributed by atoms with E-state index in [0.717, 1.165) is 11.3 Å². The quantitative estimate of drug-likeness (QED) is 0.619. The summed E-state index contributed by atoms with van der Waals surface area (Å²) in [7, 11) is -3.66. The van der Waals surface area contributed by atoms with Crippen molar-refractivity contribution in [1.82, 2.24) is 4.31 Å².